The number of nitrogens with zero attached hydrogens (tertiary/aromatic N) is 3. The number of piperidine rings is 1. The number of halogens is 1. The molecular formula is C25H38ClN3O3. The maximum Gasteiger partial charge on any atom is 0.223 e. The van der Waals surface area contributed by atoms with E-state index in [2.05, 4.69) is 18.9 Å². The highest BCUT2D eigenvalue weighted by Gasteiger charge is 2.41. The normalized spacial score (nSPS) is 22.1. The van der Waals surface area contributed by atoms with E-state index in [0.717, 1.165) is 70.6 Å². The smallest absolute Gasteiger partial charge is 0.223 e. The SMILES string of the molecule is CCCCCC(=O)N1CCC[C@](COc2ccc(Cl)cc2)(CC(=O)N2CCN(C)CC2)C1. The van der Waals surface area contributed by atoms with E-state index in [1.807, 2.05) is 34.1 Å². The van der Waals surface area contributed by atoms with Crippen LogP contribution in [-0.4, -0.2) is 79.4 Å². The van der Waals surface area contributed by atoms with Gasteiger partial charge < -0.3 is 19.4 Å². The average Bonchev–Trinajstić information content (AvgIpc) is 2.79. The Hall–Kier alpha value is -1.79. The van der Waals surface area contributed by atoms with Crippen LogP contribution in [0.3, 0.4) is 0 Å². The van der Waals surface area contributed by atoms with Crippen molar-refractivity contribution in [1.82, 2.24) is 14.7 Å². The molecule has 1 aromatic carbocycles. The van der Waals surface area contributed by atoms with Gasteiger partial charge in [0.2, 0.25) is 11.8 Å². The third kappa shape index (κ3) is 7.11. The molecule has 0 aromatic heterocycles. The van der Waals surface area contributed by atoms with Crippen molar-refractivity contribution in [3.05, 3.63) is 29.3 Å². The van der Waals surface area contributed by atoms with Crippen molar-refractivity contribution in [2.75, 3.05) is 52.9 Å². The maximum absolute atomic E-state index is 13.3. The molecule has 0 aliphatic carbocycles. The Labute approximate surface area is 197 Å². The van der Waals surface area contributed by atoms with Gasteiger partial charge in [0.1, 0.15) is 5.75 Å². The van der Waals surface area contributed by atoms with E-state index in [0.29, 0.717) is 31.0 Å². The summed E-state index contributed by atoms with van der Waals surface area (Å²) >= 11 is 6.01. The summed E-state index contributed by atoms with van der Waals surface area (Å²) < 4.78 is 6.16. The van der Waals surface area contributed by atoms with E-state index in [-0.39, 0.29) is 17.2 Å². The number of unbranched alkanes of at least 4 members (excludes halogenated alkanes) is 2. The fourth-order valence-electron chi connectivity index (χ4n) is 4.67. The largest absolute Gasteiger partial charge is 0.493 e. The molecule has 0 saturated carbocycles. The first-order valence-electron chi connectivity index (χ1n) is 12.0. The van der Waals surface area contributed by atoms with Gasteiger partial charge in [0, 0.05) is 62.5 Å². The molecule has 32 heavy (non-hydrogen) atoms. The summed E-state index contributed by atoms with van der Waals surface area (Å²) in [6, 6.07) is 7.33. The van der Waals surface area contributed by atoms with Gasteiger partial charge in [-0.05, 0) is 50.6 Å². The van der Waals surface area contributed by atoms with Crippen LogP contribution in [0.5, 0.6) is 5.75 Å². The summed E-state index contributed by atoms with van der Waals surface area (Å²) in [4.78, 5) is 32.3. The number of hydrogen-bond acceptors (Lipinski definition) is 4. The average molecular weight is 464 g/mol. The van der Waals surface area contributed by atoms with Crippen LogP contribution in [0.1, 0.15) is 51.9 Å². The highest BCUT2D eigenvalue weighted by Crippen LogP contribution is 2.36. The number of piperazine rings is 1. The van der Waals surface area contributed by atoms with Crippen LogP contribution in [0.2, 0.25) is 5.02 Å². The van der Waals surface area contributed by atoms with Crippen LogP contribution in [-0.2, 0) is 9.59 Å². The van der Waals surface area contributed by atoms with Crippen molar-refractivity contribution in [2.24, 2.45) is 5.41 Å². The topological polar surface area (TPSA) is 53.1 Å². The standard InChI is InChI=1S/C25H38ClN3O3/c1-3-4-5-7-23(30)29-13-6-12-25(19-29,20-32-22-10-8-21(26)9-11-22)18-24(31)28-16-14-27(2)15-17-28/h8-11H,3-7,12-20H2,1-2H3/t25-/m0/s1. The van der Waals surface area contributed by atoms with Crippen molar-refractivity contribution in [3.63, 3.8) is 0 Å². The molecule has 2 aliphatic heterocycles. The Balaban J connectivity index is 1.69. The van der Waals surface area contributed by atoms with Gasteiger partial charge in [0.05, 0.1) is 6.61 Å². The molecule has 2 saturated heterocycles. The Bertz CT molecular complexity index is 749. The van der Waals surface area contributed by atoms with Crippen LogP contribution in [0, 0.1) is 5.41 Å². The molecule has 1 aromatic rings. The number of carbonyl (C=O) groups is 2. The minimum Gasteiger partial charge on any atom is -0.493 e. The number of benzene rings is 1. The second-order valence-corrected chi connectivity index (χ2v) is 9.92. The summed E-state index contributed by atoms with van der Waals surface area (Å²) in [6.45, 7) is 7.28. The van der Waals surface area contributed by atoms with E-state index in [1.54, 1.807) is 0 Å². The minimum absolute atomic E-state index is 0.179. The van der Waals surface area contributed by atoms with Crippen LogP contribution in [0.15, 0.2) is 24.3 Å². The molecule has 0 N–H and O–H groups in total. The number of amides is 2. The zero-order valence-corrected chi connectivity index (χ0v) is 20.4. The second-order valence-electron chi connectivity index (χ2n) is 9.48. The van der Waals surface area contributed by atoms with Crippen LogP contribution in [0.25, 0.3) is 0 Å². The molecule has 178 valence electrons. The highest BCUT2D eigenvalue weighted by atomic mass is 35.5. The van der Waals surface area contributed by atoms with E-state index < -0.39 is 0 Å². The molecule has 3 rings (SSSR count). The lowest BCUT2D eigenvalue weighted by atomic mass is 9.77. The molecule has 7 heteroatoms. The molecule has 2 fully saturated rings. The third-order valence-corrected chi connectivity index (χ3v) is 7.00. The van der Waals surface area contributed by atoms with Gasteiger partial charge in [-0.3, -0.25) is 9.59 Å². The molecule has 2 aliphatic rings. The fourth-order valence-corrected chi connectivity index (χ4v) is 4.80. The van der Waals surface area contributed by atoms with Crippen molar-refractivity contribution in [3.8, 4) is 5.75 Å². The lowest BCUT2D eigenvalue weighted by Gasteiger charge is -2.43. The van der Waals surface area contributed by atoms with Crippen molar-refractivity contribution in [1.29, 1.82) is 0 Å². The van der Waals surface area contributed by atoms with Gasteiger partial charge in [0.15, 0.2) is 0 Å². The lowest BCUT2D eigenvalue weighted by Crippen LogP contribution is -2.53. The van der Waals surface area contributed by atoms with Gasteiger partial charge in [-0.1, -0.05) is 31.4 Å². The summed E-state index contributed by atoms with van der Waals surface area (Å²) in [7, 11) is 2.09. The first-order valence-corrected chi connectivity index (χ1v) is 12.4. The van der Waals surface area contributed by atoms with Gasteiger partial charge in [-0.25, -0.2) is 0 Å². The van der Waals surface area contributed by atoms with Crippen molar-refractivity contribution >= 4 is 23.4 Å². The number of ether oxygens (including phenoxy) is 1. The van der Waals surface area contributed by atoms with Gasteiger partial charge in [-0.2, -0.15) is 0 Å². The molecule has 0 bridgehead atoms. The Morgan fingerprint density at radius 3 is 2.41 bits per heavy atom. The van der Waals surface area contributed by atoms with Gasteiger partial charge in [-0.15, -0.1) is 0 Å². The highest BCUT2D eigenvalue weighted by molar-refractivity contribution is 6.30. The zero-order valence-electron chi connectivity index (χ0n) is 19.7. The molecule has 2 amide bonds. The fraction of sp³-hybridized carbons (Fsp3) is 0.680. The van der Waals surface area contributed by atoms with Gasteiger partial charge >= 0.3 is 0 Å². The Morgan fingerprint density at radius 2 is 1.72 bits per heavy atom. The van der Waals surface area contributed by atoms with Crippen LogP contribution < -0.4 is 4.74 Å². The summed E-state index contributed by atoms with van der Waals surface area (Å²) in [6.07, 6.45) is 5.91. The number of likely N-dealkylation sites (N-methyl/N-ethyl adjacent to an activating group) is 1. The number of rotatable bonds is 9. The lowest BCUT2D eigenvalue weighted by molar-refractivity contribution is -0.142. The van der Waals surface area contributed by atoms with Crippen molar-refractivity contribution < 1.29 is 14.3 Å². The Kier molecular flexibility index (Phi) is 9.23. The molecule has 0 radical (unpaired) electrons. The number of hydrogen-bond donors (Lipinski definition) is 0. The van der Waals surface area contributed by atoms with E-state index in [4.69, 9.17) is 16.3 Å². The maximum atomic E-state index is 13.3. The number of likely N-dealkylation sites (tertiary alicyclic amines) is 1. The zero-order chi connectivity index (χ0) is 23.0. The first-order chi connectivity index (χ1) is 15.4. The van der Waals surface area contributed by atoms with Gasteiger partial charge in [0.25, 0.3) is 0 Å². The number of carbonyl (C=O) groups excluding carboxylic acids is 2. The molecule has 0 unspecified atom stereocenters. The van der Waals surface area contributed by atoms with E-state index >= 15 is 0 Å². The molecule has 0 spiro atoms. The van der Waals surface area contributed by atoms with E-state index in [9.17, 15) is 9.59 Å². The first kappa shape index (κ1) is 24.8. The second kappa shape index (κ2) is 11.9. The predicted molar refractivity (Wildman–Crippen MR) is 128 cm³/mol. The summed E-state index contributed by atoms with van der Waals surface area (Å²) in [5.41, 5.74) is -0.362. The monoisotopic (exact) mass is 463 g/mol. The summed E-state index contributed by atoms with van der Waals surface area (Å²) in [5.74, 6) is 1.13. The molecular weight excluding hydrogens is 426 g/mol. The predicted octanol–water partition coefficient (Wildman–Crippen LogP) is 4.07. The third-order valence-electron chi connectivity index (χ3n) is 6.75. The molecule has 6 nitrogen and oxygen atoms in total. The van der Waals surface area contributed by atoms with E-state index in [1.165, 1.54) is 0 Å². The van der Waals surface area contributed by atoms with Crippen molar-refractivity contribution in [2.45, 2.75) is 51.9 Å². The van der Waals surface area contributed by atoms with Crippen LogP contribution >= 0.6 is 11.6 Å². The summed E-state index contributed by atoms with van der Waals surface area (Å²) in [5, 5.41) is 0.666. The minimum atomic E-state index is -0.362. The Morgan fingerprint density at radius 1 is 1.00 bits per heavy atom. The molecule has 2 heterocycles. The quantitative estimate of drug-likeness (QED) is 0.518. The molecule has 1 atom stereocenters. The van der Waals surface area contributed by atoms with Crippen LogP contribution in [0.4, 0.5) is 0 Å².